The summed E-state index contributed by atoms with van der Waals surface area (Å²) in [7, 11) is 0. The molecule has 0 aliphatic rings. The summed E-state index contributed by atoms with van der Waals surface area (Å²) in [4.78, 5) is 9.92. The molecule has 0 fully saturated rings. The standard InChI is InChI=1S/C8H16O2.Al/c1-2-3-4-5-6-7-8(9)10;/h2-7H2,1H3,(H,9,10);/q;+3/p-1. The van der Waals surface area contributed by atoms with E-state index in [1.165, 1.54) is 12.8 Å². The van der Waals surface area contributed by atoms with Gasteiger partial charge >= 0.3 is 17.4 Å². The van der Waals surface area contributed by atoms with Crippen LogP contribution in [0.3, 0.4) is 0 Å². The number of unbranched alkanes of at least 4 members (excludes halogenated alkanes) is 4. The van der Waals surface area contributed by atoms with E-state index in [2.05, 4.69) is 6.92 Å². The Kier molecular flexibility index (Phi) is 12.4. The SMILES string of the molecule is CCCCCCCC(=O)[O-].[Al+3]. The van der Waals surface area contributed by atoms with Gasteiger partial charge in [-0.2, -0.15) is 0 Å². The van der Waals surface area contributed by atoms with Crippen molar-refractivity contribution >= 4 is 23.3 Å². The molecule has 2 nitrogen and oxygen atoms in total. The Morgan fingerprint density at radius 2 is 1.73 bits per heavy atom. The second kappa shape index (κ2) is 10.0. The largest absolute Gasteiger partial charge is 3.00 e. The van der Waals surface area contributed by atoms with Crippen LogP contribution in [-0.2, 0) is 4.79 Å². The third-order valence-electron chi connectivity index (χ3n) is 1.48. The molecule has 0 rings (SSSR count). The van der Waals surface area contributed by atoms with Crippen LogP contribution in [0.2, 0.25) is 0 Å². The van der Waals surface area contributed by atoms with E-state index in [0.717, 1.165) is 19.3 Å². The van der Waals surface area contributed by atoms with Crippen LogP contribution in [0.15, 0.2) is 0 Å². The first-order chi connectivity index (χ1) is 4.77. The molecule has 0 heterocycles. The van der Waals surface area contributed by atoms with Crippen LogP contribution in [0.25, 0.3) is 0 Å². The molecule has 3 heteroatoms. The zero-order chi connectivity index (χ0) is 7.82. The number of aliphatic carboxylic acids is 1. The number of carboxylic acids is 1. The maximum Gasteiger partial charge on any atom is 3.00 e. The molecule has 0 aromatic heterocycles. The van der Waals surface area contributed by atoms with E-state index >= 15 is 0 Å². The fraction of sp³-hybridized carbons (Fsp3) is 0.875. The van der Waals surface area contributed by atoms with Crippen molar-refractivity contribution in [1.82, 2.24) is 0 Å². The summed E-state index contributed by atoms with van der Waals surface area (Å²) < 4.78 is 0. The number of carbonyl (C=O) groups is 1. The van der Waals surface area contributed by atoms with E-state index in [4.69, 9.17) is 0 Å². The molecule has 0 bridgehead atoms. The van der Waals surface area contributed by atoms with Crippen LogP contribution >= 0.6 is 0 Å². The Balaban J connectivity index is 0. The van der Waals surface area contributed by atoms with Crippen LogP contribution in [0.5, 0.6) is 0 Å². The molecule has 0 atom stereocenters. The Morgan fingerprint density at radius 1 is 1.18 bits per heavy atom. The molecule has 0 aromatic carbocycles. The number of hydrogen-bond acceptors (Lipinski definition) is 2. The second-order valence-electron chi connectivity index (χ2n) is 2.54. The van der Waals surface area contributed by atoms with Gasteiger partial charge in [0.1, 0.15) is 0 Å². The van der Waals surface area contributed by atoms with Crippen molar-refractivity contribution in [1.29, 1.82) is 0 Å². The normalized spacial score (nSPS) is 8.82. The van der Waals surface area contributed by atoms with Gasteiger partial charge in [0.2, 0.25) is 0 Å². The van der Waals surface area contributed by atoms with Crippen molar-refractivity contribution in [2.75, 3.05) is 0 Å². The third-order valence-corrected chi connectivity index (χ3v) is 1.48. The van der Waals surface area contributed by atoms with Gasteiger partial charge < -0.3 is 9.90 Å². The van der Waals surface area contributed by atoms with Crippen LogP contribution < -0.4 is 5.11 Å². The first-order valence-electron chi connectivity index (χ1n) is 3.97. The molecule has 60 valence electrons. The van der Waals surface area contributed by atoms with Gasteiger partial charge in [-0.3, -0.25) is 0 Å². The predicted octanol–water partition coefficient (Wildman–Crippen LogP) is 0.716. The summed E-state index contributed by atoms with van der Waals surface area (Å²) in [6, 6.07) is 0. The van der Waals surface area contributed by atoms with E-state index in [1.54, 1.807) is 0 Å². The molecular weight excluding hydrogens is 155 g/mol. The van der Waals surface area contributed by atoms with E-state index in [9.17, 15) is 9.90 Å². The monoisotopic (exact) mass is 170 g/mol. The zero-order valence-electron chi connectivity index (χ0n) is 7.14. The van der Waals surface area contributed by atoms with Gasteiger partial charge in [0.15, 0.2) is 0 Å². The van der Waals surface area contributed by atoms with Crippen LogP contribution in [0.1, 0.15) is 45.4 Å². The summed E-state index contributed by atoms with van der Waals surface area (Å²) >= 11 is 0. The Labute approximate surface area is 79.1 Å². The first kappa shape index (κ1) is 13.6. The summed E-state index contributed by atoms with van der Waals surface area (Å²) in [5, 5.41) is 9.92. The van der Waals surface area contributed by atoms with Gasteiger partial charge in [0.05, 0.1) is 0 Å². The van der Waals surface area contributed by atoms with E-state index in [1.807, 2.05) is 0 Å². The molecule has 0 aliphatic heterocycles. The number of carbonyl (C=O) groups excluding carboxylic acids is 1. The summed E-state index contributed by atoms with van der Waals surface area (Å²) in [5.41, 5.74) is 0. The summed E-state index contributed by atoms with van der Waals surface area (Å²) in [6.07, 6.45) is 5.61. The van der Waals surface area contributed by atoms with Crippen molar-refractivity contribution < 1.29 is 9.90 Å². The maximum absolute atomic E-state index is 9.92. The van der Waals surface area contributed by atoms with Crippen molar-refractivity contribution in [3.05, 3.63) is 0 Å². The van der Waals surface area contributed by atoms with Gasteiger partial charge in [-0.15, -0.1) is 0 Å². The first-order valence-corrected chi connectivity index (χ1v) is 3.97. The Bertz CT molecular complexity index is 94.1. The molecule has 0 saturated carbocycles. The molecule has 0 aromatic rings. The number of carboxylic acid groups (broad SMARTS) is 1. The van der Waals surface area contributed by atoms with Gasteiger partial charge in [-0.1, -0.05) is 32.6 Å². The molecule has 0 aliphatic carbocycles. The zero-order valence-corrected chi connectivity index (χ0v) is 8.29. The summed E-state index contributed by atoms with van der Waals surface area (Å²) in [6.45, 7) is 2.14. The van der Waals surface area contributed by atoms with Crippen molar-refractivity contribution in [3.63, 3.8) is 0 Å². The molecule has 0 radical (unpaired) electrons. The van der Waals surface area contributed by atoms with Crippen LogP contribution in [0.4, 0.5) is 0 Å². The van der Waals surface area contributed by atoms with E-state index in [-0.39, 0.29) is 23.8 Å². The van der Waals surface area contributed by atoms with Crippen molar-refractivity contribution in [2.24, 2.45) is 0 Å². The molecular formula is C8H15AlO2+2. The smallest absolute Gasteiger partial charge is 0.550 e. The van der Waals surface area contributed by atoms with E-state index < -0.39 is 5.97 Å². The molecule has 0 spiro atoms. The minimum absolute atomic E-state index is 0. The fourth-order valence-electron chi connectivity index (χ4n) is 0.873. The van der Waals surface area contributed by atoms with E-state index in [0.29, 0.717) is 0 Å². The molecule has 0 amide bonds. The number of rotatable bonds is 6. The Hall–Kier alpha value is 0.00247. The minimum Gasteiger partial charge on any atom is -0.550 e. The van der Waals surface area contributed by atoms with Crippen molar-refractivity contribution in [2.45, 2.75) is 45.4 Å². The van der Waals surface area contributed by atoms with Gasteiger partial charge in [-0.25, -0.2) is 0 Å². The topological polar surface area (TPSA) is 40.1 Å². The maximum atomic E-state index is 9.92. The molecule has 0 saturated heterocycles. The van der Waals surface area contributed by atoms with Crippen molar-refractivity contribution in [3.8, 4) is 0 Å². The Morgan fingerprint density at radius 3 is 2.18 bits per heavy atom. The second-order valence-corrected chi connectivity index (χ2v) is 2.54. The molecule has 0 N–H and O–H groups in total. The molecule has 0 unspecified atom stereocenters. The fourth-order valence-corrected chi connectivity index (χ4v) is 0.873. The average molecular weight is 170 g/mol. The third kappa shape index (κ3) is 13.1. The predicted molar refractivity (Wildman–Crippen MR) is 44.1 cm³/mol. The molecule has 11 heavy (non-hydrogen) atoms. The van der Waals surface area contributed by atoms with Gasteiger partial charge in [-0.05, 0) is 12.8 Å². The van der Waals surface area contributed by atoms with Gasteiger partial charge in [0, 0.05) is 5.97 Å². The summed E-state index contributed by atoms with van der Waals surface area (Å²) in [5.74, 6) is -0.920. The quantitative estimate of drug-likeness (QED) is 0.435. The van der Waals surface area contributed by atoms with Crippen LogP contribution in [0, 0.1) is 0 Å². The average Bonchev–Trinajstić information content (AvgIpc) is 1.87. The minimum atomic E-state index is -0.920. The number of hydrogen-bond donors (Lipinski definition) is 0. The van der Waals surface area contributed by atoms with Gasteiger partial charge in [0.25, 0.3) is 0 Å². The van der Waals surface area contributed by atoms with Crippen LogP contribution in [-0.4, -0.2) is 23.3 Å².